The van der Waals surface area contributed by atoms with Crippen LogP contribution in [0, 0.1) is 0 Å². The summed E-state index contributed by atoms with van der Waals surface area (Å²) in [7, 11) is 0. The van der Waals surface area contributed by atoms with Gasteiger partial charge in [0.15, 0.2) is 0 Å². The van der Waals surface area contributed by atoms with Crippen molar-refractivity contribution in [1.29, 1.82) is 0 Å². The minimum absolute atomic E-state index is 0.0500. The van der Waals surface area contributed by atoms with Crippen molar-refractivity contribution in [3.8, 4) is 0 Å². The number of aliphatic carboxylic acids is 1. The van der Waals surface area contributed by atoms with Crippen LogP contribution in [0.2, 0.25) is 0 Å². The first-order valence-electron chi connectivity index (χ1n) is 15.3. The van der Waals surface area contributed by atoms with E-state index >= 15 is 0 Å². The van der Waals surface area contributed by atoms with Crippen molar-refractivity contribution in [1.82, 2.24) is 30.8 Å². The number of piperidine rings is 1. The van der Waals surface area contributed by atoms with Gasteiger partial charge < -0.3 is 36.7 Å². The van der Waals surface area contributed by atoms with Crippen LogP contribution in [-0.4, -0.2) is 92.1 Å². The van der Waals surface area contributed by atoms with Gasteiger partial charge >= 0.3 is 5.97 Å². The van der Waals surface area contributed by atoms with Gasteiger partial charge in [0.25, 0.3) is 0 Å². The summed E-state index contributed by atoms with van der Waals surface area (Å²) in [6.07, 6.45) is 3.94. The summed E-state index contributed by atoms with van der Waals surface area (Å²) in [6, 6.07) is 8.85. The molecule has 0 radical (unpaired) electrons. The summed E-state index contributed by atoms with van der Waals surface area (Å²) >= 11 is 5.62. The molecule has 2 heterocycles. The lowest BCUT2D eigenvalue weighted by molar-refractivity contribution is -0.146. The van der Waals surface area contributed by atoms with Crippen molar-refractivity contribution in [3.05, 3.63) is 66.2 Å². The largest absolute Gasteiger partial charge is 0.481 e. The fraction of sp³-hybridized carbons (Fsp3) is 0.406. The second-order valence-electron chi connectivity index (χ2n) is 11.4. The Morgan fingerprint density at radius 1 is 0.979 bits per heavy atom. The van der Waals surface area contributed by atoms with E-state index < -0.39 is 72.0 Å². The van der Waals surface area contributed by atoms with Crippen LogP contribution in [0.5, 0.6) is 0 Å². The van der Waals surface area contributed by atoms with Crippen LogP contribution in [0.1, 0.15) is 43.4 Å². The van der Waals surface area contributed by atoms with Gasteiger partial charge in [-0.25, -0.2) is 4.98 Å². The second kappa shape index (κ2) is 16.5. The molecule has 47 heavy (non-hydrogen) atoms. The number of nitrogens with two attached hydrogens (primary N) is 1. The highest BCUT2D eigenvalue weighted by atomic mass is 35.5. The van der Waals surface area contributed by atoms with Crippen molar-refractivity contribution in [2.24, 2.45) is 5.73 Å². The standard InChI is InChI=1S/C32H38ClN7O7/c33-16-27(41)37-23(10-11-28(42)43)32(47)40-12-4-3-7-26(40)31(46)39-25(14-19-8-9-20-5-1-2-6-21(20)13-19)30(45)38-24(29(34)44)15-22-17-35-18-36-22/h1-2,5-6,8-9,13,17-18,23-26H,3-4,7,10-12,14-16H2,(H2,34,44)(H,35,36)(H,37,41)(H,38,45)(H,39,46)(H,42,43)/t23?,24?,25?,26-/m0/s1. The number of amides is 5. The quantitative estimate of drug-likeness (QED) is 0.127. The topological polar surface area (TPSA) is 217 Å². The van der Waals surface area contributed by atoms with E-state index in [1.807, 2.05) is 42.5 Å². The van der Waals surface area contributed by atoms with Gasteiger partial charge in [0.05, 0.1) is 6.33 Å². The molecule has 1 saturated heterocycles. The Morgan fingerprint density at radius 3 is 2.43 bits per heavy atom. The molecule has 15 heteroatoms. The lowest BCUT2D eigenvalue weighted by Gasteiger charge is -2.37. The first kappa shape index (κ1) is 34.9. The molecule has 3 aromatic rings. The molecule has 2 aromatic carbocycles. The van der Waals surface area contributed by atoms with E-state index in [9.17, 15) is 33.9 Å². The predicted octanol–water partition coefficient (Wildman–Crippen LogP) is 0.773. The molecule has 4 rings (SSSR count). The van der Waals surface area contributed by atoms with E-state index in [-0.39, 0.29) is 32.2 Å². The number of hydrogen-bond acceptors (Lipinski definition) is 7. The first-order valence-corrected chi connectivity index (χ1v) is 15.8. The number of benzene rings is 2. The average Bonchev–Trinajstić information content (AvgIpc) is 3.58. The maximum atomic E-state index is 13.9. The van der Waals surface area contributed by atoms with Gasteiger partial charge in [0, 0.05) is 37.7 Å². The lowest BCUT2D eigenvalue weighted by atomic mass is 9.97. The number of nitrogens with one attached hydrogen (secondary N) is 4. The number of carbonyl (C=O) groups excluding carboxylic acids is 5. The zero-order valence-electron chi connectivity index (χ0n) is 25.6. The maximum absolute atomic E-state index is 13.9. The molecular weight excluding hydrogens is 630 g/mol. The smallest absolute Gasteiger partial charge is 0.303 e. The first-order chi connectivity index (χ1) is 22.5. The van der Waals surface area contributed by atoms with Gasteiger partial charge in [-0.3, -0.25) is 28.8 Å². The number of alkyl halides is 1. The number of primary amides is 1. The van der Waals surface area contributed by atoms with Gasteiger partial charge in [0.1, 0.15) is 30.0 Å². The number of nitrogens with zero attached hydrogens (tertiary/aromatic N) is 2. The molecule has 0 bridgehead atoms. The van der Waals surface area contributed by atoms with Gasteiger partial charge in [-0.2, -0.15) is 0 Å². The van der Waals surface area contributed by atoms with E-state index in [1.54, 1.807) is 0 Å². The third-order valence-electron chi connectivity index (χ3n) is 8.02. The Labute approximate surface area is 275 Å². The summed E-state index contributed by atoms with van der Waals surface area (Å²) < 4.78 is 0. The number of imidazole rings is 1. The number of fused-ring (bicyclic) bond motifs is 1. The molecule has 0 saturated carbocycles. The molecule has 5 amide bonds. The molecule has 3 unspecified atom stereocenters. The van der Waals surface area contributed by atoms with E-state index in [1.165, 1.54) is 17.4 Å². The monoisotopic (exact) mass is 667 g/mol. The molecule has 0 aliphatic carbocycles. The fourth-order valence-corrected chi connectivity index (χ4v) is 5.69. The van der Waals surface area contributed by atoms with E-state index in [0.29, 0.717) is 18.5 Å². The third kappa shape index (κ3) is 9.75. The third-order valence-corrected chi connectivity index (χ3v) is 8.26. The molecule has 4 atom stereocenters. The number of likely N-dealkylation sites (tertiary alicyclic amines) is 1. The zero-order chi connectivity index (χ0) is 33.9. The van der Waals surface area contributed by atoms with Gasteiger partial charge in [0.2, 0.25) is 29.5 Å². The van der Waals surface area contributed by atoms with Crippen molar-refractivity contribution in [2.45, 2.75) is 69.1 Å². The lowest BCUT2D eigenvalue weighted by Crippen LogP contribution is -2.60. The molecule has 1 aliphatic heterocycles. The number of halogens is 1. The predicted molar refractivity (Wildman–Crippen MR) is 172 cm³/mol. The molecule has 1 aliphatic rings. The molecule has 0 spiro atoms. The highest BCUT2D eigenvalue weighted by molar-refractivity contribution is 6.27. The highest BCUT2D eigenvalue weighted by Gasteiger charge is 2.38. The van der Waals surface area contributed by atoms with Crippen molar-refractivity contribution in [2.75, 3.05) is 12.4 Å². The van der Waals surface area contributed by atoms with E-state index in [0.717, 1.165) is 16.3 Å². The Hall–Kier alpha value is -4.98. The summed E-state index contributed by atoms with van der Waals surface area (Å²) in [6.45, 7) is 0.187. The number of aromatic amines is 1. The van der Waals surface area contributed by atoms with Crippen LogP contribution in [-0.2, 0) is 41.6 Å². The number of aromatic nitrogens is 2. The SMILES string of the molecule is NC(=O)C(Cc1cnc[nH]1)NC(=O)C(Cc1ccc2ccccc2c1)NC(=O)[C@@H]1CCCCN1C(=O)C(CCC(=O)O)NC(=O)CCl. The molecule has 7 N–H and O–H groups in total. The van der Waals surface area contributed by atoms with Gasteiger partial charge in [-0.1, -0.05) is 42.5 Å². The molecular formula is C32H38ClN7O7. The normalized spacial score (nSPS) is 16.4. The number of carboxylic acid groups (broad SMARTS) is 1. The maximum Gasteiger partial charge on any atom is 0.303 e. The Kier molecular flexibility index (Phi) is 12.3. The number of hydrogen-bond donors (Lipinski definition) is 6. The van der Waals surface area contributed by atoms with Crippen molar-refractivity contribution < 1.29 is 33.9 Å². The van der Waals surface area contributed by atoms with Crippen LogP contribution >= 0.6 is 11.6 Å². The summed E-state index contributed by atoms with van der Waals surface area (Å²) in [5, 5.41) is 19.0. The number of carbonyl (C=O) groups is 6. The average molecular weight is 668 g/mol. The summed E-state index contributed by atoms with van der Waals surface area (Å²) in [4.78, 5) is 85.0. The molecule has 1 fully saturated rings. The Balaban J connectivity index is 1.58. The minimum Gasteiger partial charge on any atom is -0.481 e. The number of carboxylic acids is 1. The Morgan fingerprint density at radius 2 is 1.74 bits per heavy atom. The van der Waals surface area contributed by atoms with Crippen molar-refractivity contribution >= 4 is 57.9 Å². The van der Waals surface area contributed by atoms with E-state index in [2.05, 4.69) is 25.9 Å². The van der Waals surface area contributed by atoms with E-state index in [4.69, 9.17) is 17.3 Å². The summed E-state index contributed by atoms with van der Waals surface area (Å²) in [5.74, 6) is -4.90. The van der Waals surface area contributed by atoms with Crippen LogP contribution in [0.25, 0.3) is 10.8 Å². The summed E-state index contributed by atoms with van der Waals surface area (Å²) in [5.41, 5.74) is 6.92. The molecule has 14 nitrogen and oxygen atoms in total. The number of rotatable bonds is 15. The van der Waals surface area contributed by atoms with Gasteiger partial charge in [-0.15, -0.1) is 11.6 Å². The van der Waals surface area contributed by atoms with Crippen LogP contribution in [0.3, 0.4) is 0 Å². The Bertz CT molecular complexity index is 1600. The highest BCUT2D eigenvalue weighted by Crippen LogP contribution is 2.21. The molecule has 250 valence electrons. The van der Waals surface area contributed by atoms with Crippen LogP contribution in [0.15, 0.2) is 55.0 Å². The van der Waals surface area contributed by atoms with Crippen LogP contribution < -0.4 is 21.7 Å². The molecule has 1 aromatic heterocycles. The van der Waals surface area contributed by atoms with Crippen LogP contribution in [0.4, 0.5) is 0 Å². The number of H-pyrrole nitrogens is 1. The minimum atomic E-state index is -1.21. The van der Waals surface area contributed by atoms with Crippen molar-refractivity contribution in [3.63, 3.8) is 0 Å². The zero-order valence-corrected chi connectivity index (χ0v) is 26.4. The van der Waals surface area contributed by atoms with Gasteiger partial charge in [-0.05, 0) is 42.0 Å². The second-order valence-corrected chi connectivity index (χ2v) is 11.7. The fourth-order valence-electron chi connectivity index (χ4n) is 5.62.